The van der Waals surface area contributed by atoms with Gasteiger partial charge in [0.15, 0.2) is 14.1 Å². The number of hydrogen-bond donors (Lipinski definition) is 0. The van der Waals surface area contributed by atoms with Gasteiger partial charge in [-0.2, -0.15) is 0 Å². The normalized spacial score (nSPS) is 36.9. The van der Waals surface area contributed by atoms with E-state index < -0.39 is 14.1 Å². The van der Waals surface area contributed by atoms with Crippen LogP contribution in [0.25, 0.3) is 0 Å². The summed E-state index contributed by atoms with van der Waals surface area (Å²) in [7, 11) is 1.69. The maximum atomic E-state index is 11.8. The molecule has 4 rings (SSSR count). The van der Waals surface area contributed by atoms with E-state index in [2.05, 4.69) is 40.8 Å². The Kier molecular flexibility index (Phi) is 7.47. The second-order valence-corrected chi connectivity index (χ2v) is 18.4. The molecule has 2 saturated carbocycles. The summed E-state index contributed by atoms with van der Waals surface area (Å²) in [6.45, 7) is 16.4. The maximum absolute atomic E-state index is 11.8. The first-order valence-corrected chi connectivity index (χ1v) is 16.8. The van der Waals surface area contributed by atoms with E-state index in [-0.39, 0.29) is 16.4 Å². The number of carbonyl (C=O) groups excluding carboxylic acids is 1. The Morgan fingerprint density at radius 2 is 1.77 bits per heavy atom. The molecule has 0 aromatic rings. The van der Waals surface area contributed by atoms with Crippen molar-refractivity contribution in [1.82, 2.24) is 0 Å². The smallest absolute Gasteiger partial charge is 0.302 e. The van der Waals surface area contributed by atoms with Crippen LogP contribution in [0, 0.1) is 29.1 Å². The molecule has 0 radical (unpaired) electrons. The van der Waals surface area contributed by atoms with Crippen LogP contribution < -0.4 is 0 Å². The van der Waals surface area contributed by atoms with Crippen LogP contribution in [0.3, 0.4) is 0 Å². The summed E-state index contributed by atoms with van der Waals surface area (Å²) in [6, 6.07) is 0. The van der Waals surface area contributed by atoms with Crippen molar-refractivity contribution in [2.75, 3.05) is 20.8 Å². The van der Waals surface area contributed by atoms with Crippen molar-refractivity contribution < 1.29 is 23.4 Å². The fourth-order valence-corrected chi connectivity index (χ4v) is 9.35. The molecule has 0 saturated heterocycles. The van der Waals surface area contributed by atoms with Gasteiger partial charge in [-0.3, -0.25) is 4.79 Å². The monoisotopic (exact) mass is 506 g/mol. The molecule has 6 heteroatoms. The van der Waals surface area contributed by atoms with E-state index in [4.69, 9.17) is 18.6 Å². The highest BCUT2D eigenvalue weighted by Gasteiger charge is 2.59. The molecule has 0 spiro atoms. The summed E-state index contributed by atoms with van der Waals surface area (Å²) in [5.74, 6) is 1.48. The predicted octanol–water partition coefficient (Wildman–Crippen LogP) is 6.87. The first-order chi connectivity index (χ1) is 16.3. The van der Waals surface area contributed by atoms with Gasteiger partial charge in [-0.1, -0.05) is 38.8 Å². The molecule has 0 aliphatic heterocycles. The zero-order valence-electron chi connectivity index (χ0n) is 23.8. The lowest BCUT2D eigenvalue weighted by molar-refractivity contribution is -0.214. The van der Waals surface area contributed by atoms with E-state index in [1.807, 2.05) is 0 Å². The van der Waals surface area contributed by atoms with Crippen molar-refractivity contribution in [2.45, 2.75) is 116 Å². The minimum Gasteiger partial charge on any atom is -0.466 e. The van der Waals surface area contributed by atoms with Crippen LogP contribution in [0.15, 0.2) is 11.1 Å². The first-order valence-electron chi connectivity index (χ1n) is 13.9. The Morgan fingerprint density at radius 3 is 2.37 bits per heavy atom. The lowest BCUT2D eigenvalue weighted by Gasteiger charge is -2.56. The van der Waals surface area contributed by atoms with Crippen LogP contribution >= 0.6 is 0 Å². The number of esters is 1. The summed E-state index contributed by atoms with van der Waals surface area (Å²) >= 11 is 0. The highest BCUT2D eigenvalue weighted by atomic mass is 28.4. The molecule has 0 bridgehead atoms. The van der Waals surface area contributed by atoms with Crippen LogP contribution in [-0.4, -0.2) is 47.0 Å². The molecule has 6 atom stereocenters. The molecule has 4 aliphatic carbocycles. The Labute approximate surface area is 214 Å². The molecule has 200 valence electrons. The average Bonchev–Trinajstić information content (AvgIpc) is 3.11. The van der Waals surface area contributed by atoms with Gasteiger partial charge in [-0.25, -0.2) is 0 Å². The van der Waals surface area contributed by atoms with Gasteiger partial charge in [0.2, 0.25) is 0 Å². The summed E-state index contributed by atoms with van der Waals surface area (Å²) < 4.78 is 24.6. The lowest BCUT2D eigenvalue weighted by atomic mass is 9.51. The third-order valence-electron chi connectivity index (χ3n) is 10.9. The number of carbonyl (C=O) groups is 1. The van der Waals surface area contributed by atoms with Crippen molar-refractivity contribution in [3.63, 3.8) is 0 Å². The standard InChI is InChI=1S/C29H50O5Si/c1-19(30)33-18-21-16-20-17-29(31-6,32-7)15-13-22(20)23-12-14-28(5)24(26(21)23)10-11-25(28)34-35(8,9)27(2,3)4/h21,23-26H,10-18H2,1-9H3/t21-,23+,24-,25-,26+,28-/m0/s1. The van der Waals surface area contributed by atoms with Gasteiger partial charge in [0.1, 0.15) is 0 Å². The van der Waals surface area contributed by atoms with Crippen molar-refractivity contribution in [3.8, 4) is 0 Å². The van der Waals surface area contributed by atoms with E-state index in [1.54, 1.807) is 19.8 Å². The molecule has 5 nitrogen and oxygen atoms in total. The fourth-order valence-electron chi connectivity index (χ4n) is 7.90. The number of hydrogen-bond acceptors (Lipinski definition) is 5. The molecule has 0 heterocycles. The zero-order valence-corrected chi connectivity index (χ0v) is 24.8. The number of ether oxygens (including phenoxy) is 3. The number of fused-ring (bicyclic) bond motifs is 4. The van der Waals surface area contributed by atoms with Gasteiger partial charge in [0.25, 0.3) is 0 Å². The number of methoxy groups -OCH3 is 2. The van der Waals surface area contributed by atoms with Crippen LogP contribution in [0.4, 0.5) is 0 Å². The molecule has 0 N–H and O–H groups in total. The van der Waals surface area contributed by atoms with Crippen LogP contribution in [0.2, 0.25) is 18.1 Å². The van der Waals surface area contributed by atoms with Crippen molar-refractivity contribution in [1.29, 1.82) is 0 Å². The molecule has 2 fully saturated rings. The zero-order chi connectivity index (χ0) is 25.8. The quantitative estimate of drug-likeness (QED) is 0.170. The fraction of sp³-hybridized carbons (Fsp3) is 0.897. The third kappa shape index (κ3) is 4.82. The molecule has 0 unspecified atom stereocenters. The van der Waals surface area contributed by atoms with Crippen LogP contribution in [0.5, 0.6) is 0 Å². The summed E-state index contributed by atoms with van der Waals surface area (Å²) in [5, 5.41) is 0.221. The minimum atomic E-state index is -1.84. The molecular formula is C29H50O5Si. The third-order valence-corrected chi connectivity index (χ3v) is 15.4. The SMILES string of the molecule is COC1(OC)CCC2=C(C[C@@H](COC(C)=O)[C@@H]3[C@@H]2CC[C@]2(C)[C@@H](O[Si](C)(C)C(C)(C)C)CC[C@@H]32)C1. The van der Waals surface area contributed by atoms with Gasteiger partial charge >= 0.3 is 5.97 Å². The molecule has 35 heavy (non-hydrogen) atoms. The highest BCUT2D eigenvalue weighted by molar-refractivity contribution is 6.74. The number of rotatable bonds is 6. The second kappa shape index (κ2) is 9.56. The Balaban J connectivity index is 1.64. The van der Waals surface area contributed by atoms with Crippen LogP contribution in [-0.2, 0) is 23.4 Å². The summed E-state index contributed by atoms with van der Waals surface area (Å²) in [6.07, 6.45) is 9.02. The van der Waals surface area contributed by atoms with E-state index in [0.717, 1.165) is 25.7 Å². The maximum Gasteiger partial charge on any atom is 0.302 e. The van der Waals surface area contributed by atoms with E-state index >= 15 is 0 Å². The highest BCUT2D eigenvalue weighted by Crippen LogP contribution is 2.64. The lowest BCUT2D eigenvalue weighted by Crippen LogP contribution is -2.53. The van der Waals surface area contributed by atoms with Crippen LogP contribution in [0.1, 0.15) is 86.0 Å². The Morgan fingerprint density at radius 1 is 1.09 bits per heavy atom. The predicted molar refractivity (Wildman–Crippen MR) is 141 cm³/mol. The van der Waals surface area contributed by atoms with Crippen molar-refractivity contribution >= 4 is 14.3 Å². The van der Waals surface area contributed by atoms with E-state index in [1.165, 1.54) is 38.2 Å². The molecule has 4 aliphatic rings. The second-order valence-electron chi connectivity index (χ2n) is 13.7. The van der Waals surface area contributed by atoms with E-state index in [0.29, 0.717) is 36.4 Å². The number of allylic oxidation sites excluding steroid dienone is 1. The summed E-state index contributed by atoms with van der Waals surface area (Å²) in [5.41, 5.74) is 3.39. The molecule has 0 aromatic carbocycles. The van der Waals surface area contributed by atoms with Gasteiger partial charge in [0, 0.05) is 39.9 Å². The Hall–Kier alpha value is -0.693. The van der Waals surface area contributed by atoms with Crippen molar-refractivity contribution in [3.05, 3.63) is 11.1 Å². The van der Waals surface area contributed by atoms with E-state index in [9.17, 15) is 4.79 Å². The topological polar surface area (TPSA) is 54.0 Å². The van der Waals surface area contributed by atoms with Crippen molar-refractivity contribution in [2.24, 2.45) is 29.1 Å². The Bertz CT molecular complexity index is 839. The summed E-state index contributed by atoms with van der Waals surface area (Å²) in [4.78, 5) is 11.8. The van der Waals surface area contributed by atoms with Gasteiger partial charge in [-0.15, -0.1) is 0 Å². The molecule has 0 amide bonds. The molecule has 0 aromatic heterocycles. The first kappa shape index (κ1) is 27.3. The molecular weight excluding hydrogens is 456 g/mol. The van der Waals surface area contributed by atoms with Gasteiger partial charge in [0.05, 0.1) is 12.7 Å². The minimum absolute atomic E-state index is 0.169. The van der Waals surface area contributed by atoms with Gasteiger partial charge in [-0.05, 0) is 79.8 Å². The average molecular weight is 507 g/mol. The largest absolute Gasteiger partial charge is 0.466 e. The van der Waals surface area contributed by atoms with Gasteiger partial charge < -0.3 is 18.6 Å².